The van der Waals surface area contributed by atoms with Crippen molar-refractivity contribution in [1.82, 2.24) is 0 Å². The van der Waals surface area contributed by atoms with E-state index in [9.17, 15) is 0 Å². The van der Waals surface area contributed by atoms with Crippen molar-refractivity contribution in [2.45, 2.75) is 52.4 Å². The van der Waals surface area contributed by atoms with Gasteiger partial charge in [-0.3, -0.25) is 4.79 Å². The zero-order valence-electron chi connectivity index (χ0n) is 9.83. The molecule has 4 aliphatic carbocycles. The molecule has 4 saturated carbocycles. The Morgan fingerprint density at radius 3 is 1.53 bits per heavy atom. The summed E-state index contributed by atoms with van der Waals surface area (Å²) in [4.78, 5) is 9.00. The van der Waals surface area contributed by atoms with Crippen LogP contribution in [0.1, 0.15) is 52.4 Å². The molecule has 0 radical (unpaired) electrons. The Balaban J connectivity index is 0.000000188. The molecule has 0 aliphatic heterocycles. The maximum Gasteiger partial charge on any atom is 0.300 e. The van der Waals surface area contributed by atoms with E-state index in [1.807, 2.05) is 0 Å². The first-order chi connectivity index (χ1) is 6.97. The van der Waals surface area contributed by atoms with E-state index in [0.717, 1.165) is 30.1 Å². The lowest BCUT2D eigenvalue weighted by molar-refractivity contribution is -0.134. The Morgan fingerprint density at radius 1 is 1.07 bits per heavy atom. The monoisotopic (exact) mass is 210 g/mol. The van der Waals surface area contributed by atoms with Gasteiger partial charge in [0.25, 0.3) is 5.97 Å². The molecule has 15 heavy (non-hydrogen) atoms. The van der Waals surface area contributed by atoms with Crippen LogP contribution in [0.25, 0.3) is 0 Å². The molecule has 0 spiro atoms. The molecule has 0 aromatic heterocycles. The molecular formula is C13H22O2. The van der Waals surface area contributed by atoms with Gasteiger partial charge >= 0.3 is 0 Å². The van der Waals surface area contributed by atoms with Crippen LogP contribution in [0.5, 0.6) is 0 Å². The molecule has 0 amide bonds. The molecule has 2 nitrogen and oxygen atoms in total. The van der Waals surface area contributed by atoms with Crippen molar-refractivity contribution in [3.8, 4) is 0 Å². The summed E-state index contributed by atoms with van der Waals surface area (Å²) in [5, 5.41) is 7.42. The fourth-order valence-electron chi connectivity index (χ4n) is 4.54. The van der Waals surface area contributed by atoms with Gasteiger partial charge in [0.15, 0.2) is 0 Å². The quantitative estimate of drug-likeness (QED) is 0.666. The van der Waals surface area contributed by atoms with Crippen molar-refractivity contribution in [2.24, 2.45) is 23.2 Å². The first kappa shape index (κ1) is 11.0. The van der Waals surface area contributed by atoms with E-state index in [0.29, 0.717) is 0 Å². The summed E-state index contributed by atoms with van der Waals surface area (Å²) in [6, 6.07) is 0. The van der Waals surface area contributed by atoms with Gasteiger partial charge in [-0.2, -0.15) is 0 Å². The lowest BCUT2D eigenvalue weighted by Crippen LogP contribution is -2.44. The molecule has 86 valence electrons. The highest BCUT2D eigenvalue weighted by Crippen LogP contribution is 2.59. The minimum absolute atomic E-state index is 0.800. The van der Waals surface area contributed by atoms with Crippen LogP contribution < -0.4 is 0 Å². The summed E-state index contributed by atoms with van der Waals surface area (Å²) in [5.41, 5.74) is 0.800. The van der Waals surface area contributed by atoms with Gasteiger partial charge in [-0.25, -0.2) is 0 Å². The standard InChI is InChI=1S/C11H18.C2H4O2/c1-11-5-8-2-9(6-11)4-10(3-8)7-11;1-2(3)4/h8-10H,2-7H2,1H3;1H3,(H,3,4). The summed E-state index contributed by atoms with van der Waals surface area (Å²) in [7, 11) is 0. The average Bonchev–Trinajstić information content (AvgIpc) is 1.96. The predicted molar refractivity (Wildman–Crippen MR) is 59.6 cm³/mol. The molecule has 0 unspecified atom stereocenters. The van der Waals surface area contributed by atoms with Gasteiger partial charge < -0.3 is 5.11 Å². The first-order valence-corrected chi connectivity index (χ1v) is 6.16. The van der Waals surface area contributed by atoms with Crippen molar-refractivity contribution >= 4 is 5.97 Å². The zero-order valence-corrected chi connectivity index (χ0v) is 9.83. The minimum atomic E-state index is -0.833. The van der Waals surface area contributed by atoms with Crippen molar-refractivity contribution in [2.75, 3.05) is 0 Å². The highest BCUT2D eigenvalue weighted by Gasteiger charge is 2.48. The molecule has 2 heteroatoms. The van der Waals surface area contributed by atoms with Gasteiger partial charge in [-0.1, -0.05) is 6.92 Å². The predicted octanol–water partition coefficient (Wildman–Crippen LogP) is 3.31. The summed E-state index contributed by atoms with van der Waals surface area (Å²) in [5.74, 6) is 2.60. The van der Waals surface area contributed by atoms with E-state index in [1.165, 1.54) is 0 Å². The second-order valence-electron chi connectivity index (χ2n) is 6.25. The first-order valence-electron chi connectivity index (χ1n) is 6.16. The van der Waals surface area contributed by atoms with E-state index in [-0.39, 0.29) is 0 Å². The molecule has 4 aliphatic rings. The number of carboxylic acids is 1. The molecule has 0 aromatic carbocycles. The van der Waals surface area contributed by atoms with Crippen molar-refractivity contribution in [3.05, 3.63) is 0 Å². The Kier molecular flexibility index (Phi) is 2.78. The Labute approximate surface area is 92.1 Å². The van der Waals surface area contributed by atoms with Gasteiger partial charge in [-0.15, -0.1) is 0 Å². The largest absolute Gasteiger partial charge is 0.481 e. The summed E-state index contributed by atoms with van der Waals surface area (Å²) >= 11 is 0. The van der Waals surface area contributed by atoms with E-state index in [1.54, 1.807) is 38.5 Å². The molecule has 4 rings (SSSR count). The number of hydrogen-bond acceptors (Lipinski definition) is 1. The maximum absolute atomic E-state index is 9.00. The highest BCUT2D eigenvalue weighted by molar-refractivity contribution is 5.62. The fourth-order valence-corrected chi connectivity index (χ4v) is 4.54. The Bertz CT molecular complexity index is 218. The third-order valence-electron chi connectivity index (χ3n) is 4.34. The normalized spacial score (nSPS) is 45.9. The number of carbonyl (C=O) groups is 1. The SMILES string of the molecule is CC(=O)O.CC12CC3CC(CC(C3)C1)C2. The van der Waals surface area contributed by atoms with Crippen LogP contribution in [0.3, 0.4) is 0 Å². The molecule has 0 heterocycles. The lowest BCUT2D eigenvalue weighted by atomic mass is 9.50. The van der Waals surface area contributed by atoms with E-state index in [2.05, 4.69) is 6.92 Å². The van der Waals surface area contributed by atoms with E-state index in [4.69, 9.17) is 9.90 Å². The summed E-state index contributed by atoms with van der Waals surface area (Å²) in [6.07, 6.45) is 9.48. The lowest BCUT2D eigenvalue weighted by Gasteiger charge is -2.55. The molecule has 0 atom stereocenters. The molecule has 4 fully saturated rings. The van der Waals surface area contributed by atoms with Gasteiger partial charge in [0.2, 0.25) is 0 Å². The Morgan fingerprint density at radius 2 is 1.33 bits per heavy atom. The summed E-state index contributed by atoms with van der Waals surface area (Å²) in [6.45, 7) is 3.62. The van der Waals surface area contributed by atoms with Crippen LogP contribution in [0, 0.1) is 23.2 Å². The second kappa shape index (κ2) is 3.80. The fraction of sp³-hybridized carbons (Fsp3) is 0.923. The van der Waals surface area contributed by atoms with E-state index >= 15 is 0 Å². The third kappa shape index (κ3) is 2.53. The van der Waals surface area contributed by atoms with E-state index < -0.39 is 5.97 Å². The van der Waals surface area contributed by atoms with Gasteiger partial charge in [0, 0.05) is 6.92 Å². The number of aliphatic carboxylic acids is 1. The van der Waals surface area contributed by atoms with Gasteiger partial charge in [0.05, 0.1) is 0 Å². The highest BCUT2D eigenvalue weighted by atomic mass is 16.4. The van der Waals surface area contributed by atoms with Crippen LogP contribution in [0.4, 0.5) is 0 Å². The zero-order chi connectivity index (χ0) is 11.1. The van der Waals surface area contributed by atoms with Crippen LogP contribution >= 0.6 is 0 Å². The molecular weight excluding hydrogens is 188 g/mol. The van der Waals surface area contributed by atoms with Crippen molar-refractivity contribution in [3.63, 3.8) is 0 Å². The second-order valence-corrected chi connectivity index (χ2v) is 6.25. The van der Waals surface area contributed by atoms with Crippen LogP contribution in [-0.2, 0) is 4.79 Å². The average molecular weight is 210 g/mol. The molecule has 1 N–H and O–H groups in total. The minimum Gasteiger partial charge on any atom is -0.481 e. The number of hydrogen-bond donors (Lipinski definition) is 1. The van der Waals surface area contributed by atoms with Crippen LogP contribution in [0.15, 0.2) is 0 Å². The van der Waals surface area contributed by atoms with Crippen LogP contribution in [-0.4, -0.2) is 11.1 Å². The van der Waals surface area contributed by atoms with Crippen molar-refractivity contribution < 1.29 is 9.90 Å². The van der Waals surface area contributed by atoms with Crippen molar-refractivity contribution in [1.29, 1.82) is 0 Å². The molecule has 4 bridgehead atoms. The maximum atomic E-state index is 9.00. The van der Waals surface area contributed by atoms with Crippen LogP contribution in [0.2, 0.25) is 0 Å². The van der Waals surface area contributed by atoms with Gasteiger partial charge in [0.1, 0.15) is 0 Å². The topological polar surface area (TPSA) is 37.3 Å². The molecule has 0 aromatic rings. The summed E-state index contributed by atoms with van der Waals surface area (Å²) < 4.78 is 0. The Hall–Kier alpha value is -0.530. The number of rotatable bonds is 0. The molecule has 0 saturated heterocycles. The van der Waals surface area contributed by atoms with Gasteiger partial charge in [-0.05, 0) is 61.7 Å². The third-order valence-corrected chi connectivity index (χ3v) is 4.34. The number of carboxylic acid groups (broad SMARTS) is 1. The smallest absolute Gasteiger partial charge is 0.300 e.